The number of fused-ring (bicyclic) bond motifs is 1. The molecule has 9 nitrogen and oxygen atoms in total. The van der Waals surface area contributed by atoms with Gasteiger partial charge in [-0.15, -0.1) is 0 Å². The van der Waals surface area contributed by atoms with Crippen molar-refractivity contribution in [2.24, 2.45) is 5.73 Å². The molecule has 0 spiro atoms. The van der Waals surface area contributed by atoms with E-state index in [2.05, 4.69) is 4.98 Å². The van der Waals surface area contributed by atoms with E-state index in [0.717, 1.165) is 0 Å². The molecule has 0 aliphatic rings. The van der Waals surface area contributed by atoms with Crippen molar-refractivity contribution in [1.29, 1.82) is 0 Å². The van der Waals surface area contributed by atoms with Crippen LogP contribution >= 0.6 is 23.2 Å². The minimum absolute atomic E-state index is 0.0672. The van der Waals surface area contributed by atoms with Gasteiger partial charge in [-0.1, -0.05) is 53.5 Å². The molecule has 1 heterocycles. The van der Waals surface area contributed by atoms with Crippen molar-refractivity contribution in [2.75, 3.05) is 14.2 Å². The third kappa shape index (κ3) is 3.59. The van der Waals surface area contributed by atoms with Gasteiger partial charge in [-0.05, 0) is 17.7 Å². The smallest absolute Gasteiger partial charge is 0.352 e. The van der Waals surface area contributed by atoms with Gasteiger partial charge in [0.15, 0.2) is 6.10 Å². The van der Waals surface area contributed by atoms with Crippen LogP contribution in [-0.2, 0) is 19.8 Å². The lowest BCUT2D eigenvalue weighted by Crippen LogP contribution is -2.57. The number of hydroxylamine groups is 2. The topological polar surface area (TPSA) is 146 Å². The van der Waals surface area contributed by atoms with Gasteiger partial charge in [0.2, 0.25) is 5.91 Å². The number of halogens is 2. The molecule has 5 N–H and O–H groups in total. The molecule has 0 aliphatic carbocycles. The number of hydrogen-bond acceptors (Lipinski definition) is 5. The highest BCUT2D eigenvalue weighted by molar-refractivity contribution is 6.42. The number of aliphatic hydroxyl groups is 1. The van der Waals surface area contributed by atoms with Crippen LogP contribution < -0.4 is 5.73 Å². The van der Waals surface area contributed by atoms with Gasteiger partial charge in [-0.2, -0.15) is 0 Å². The lowest BCUT2D eigenvalue weighted by atomic mass is 9.68. The first-order valence-corrected chi connectivity index (χ1v) is 9.92. The summed E-state index contributed by atoms with van der Waals surface area (Å²) in [6.07, 6.45) is -2.15. The van der Waals surface area contributed by atoms with Crippen molar-refractivity contribution < 1.29 is 29.4 Å². The molecule has 168 valence electrons. The summed E-state index contributed by atoms with van der Waals surface area (Å²) >= 11 is 12.3. The number of primary amides is 1. The molecule has 1 aromatic heterocycles. The zero-order valence-electron chi connectivity index (χ0n) is 16.9. The Labute approximate surface area is 192 Å². The van der Waals surface area contributed by atoms with E-state index in [-0.39, 0.29) is 32.1 Å². The number of benzene rings is 2. The first-order chi connectivity index (χ1) is 15.1. The second-order valence-electron chi connectivity index (χ2n) is 6.95. The van der Waals surface area contributed by atoms with Gasteiger partial charge >= 0.3 is 5.97 Å². The molecular weight excluding hydrogens is 461 g/mol. The predicted molar refractivity (Wildman–Crippen MR) is 117 cm³/mol. The van der Waals surface area contributed by atoms with Crippen LogP contribution in [0.2, 0.25) is 10.0 Å². The van der Waals surface area contributed by atoms with Crippen LogP contribution in [0.25, 0.3) is 10.9 Å². The quantitative estimate of drug-likeness (QED) is 0.382. The lowest BCUT2D eigenvalue weighted by molar-refractivity contribution is -0.181. The van der Waals surface area contributed by atoms with Crippen LogP contribution in [-0.4, -0.2) is 58.3 Å². The Hall–Kier alpha value is -3.11. The number of H-pyrrole nitrogens is 1. The van der Waals surface area contributed by atoms with E-state index in [4.69, 9.17) is 33.8 Å². The average molecular weight is 480 g/mol. The summed E-state index contributed by atoms with van der Waals surface area (Å²) in [4.78, 5) is 45.8. The summed E-state index contributed by atoms with van der Waals surface area (Å²) in [5, 5.41) is 22.3. The molecule has 32 heavy (non-hydrogen) atoms. The SMILES string of the molecule is CON(C)C(=O)C(O)C(C(N)=O)(c1ccccc1)c1c(C(=O)O)[nH]c2cc(Cl)c(Cl)cc12. The molecule has 2 unspecified atom stereocenters. The number of nitrogens with one attached hydrogen (secondary N) is 1. The van der Waals surface area contributed by atoms with Crippen molar-refractivity contribution >= 4 is 51.9 Å². The Bertz CT molecular complexity index is 1210. The summed E-state index contributed by atoms with van der Waals surface area (Å²) in [7, 11) is 2.42. The van der Waals surface area contributed by atoms with Crippen molar-refractivity contribution in [3.63, 3.8) is 0 Å². The van der Waals surface area contributed by atoms with Gasteiger partial charge in [0, 0.05) is 23.5 Å². The molecule has 0 saturated carbocycles. The highest BCUT2D eigenvalue weighted by Gasteiger charge is 2.54. The fourth-order valence-electron chi connectivity index (χ4n) is 3.75. The second kappa shape index (κ2) is 8.79. The number of hydrogen-bond donors (Lipinski definition) is 4. The van der Waals surface area contributed by atoms with Gasteiger partial charge in [0.1, 0.15) is 11.1 Å². The number of aromatic carboxylic acids is 1. The van der Waals surface area contributed by atoms with Crippen molar-refractivity contribution in [3.8, 4) is 0 Å². The first kappa shape index (κ1) is 23.6. The third-order valence-corrected chi connectivity index (χ3v) is 6.02. The van der Waals surface area contributed by atoms with Crippen LogP contribution in [0.1, 0.15) is 21.6 Å². The maximum Gasteiger partial charge on any atom is 0.352 e. The van der Waals surface area contributed by atoms with E-state index in [9.17, 15) is 24.6 Å². The van der Waals surface area contributed by atoms with Crippen LogP contribution in [0.3, 0.4) is 0 Å². The molecule has 3 rings (SSSR count). The molecular formula is C21H19Cl2N3O6. The average Bonchev–Trinajstić information content (AvgIpc) is 3.12. The number of carbonyl (C=O) groups excluding carboxylic acids is 2. The van der Waals surface area contributed by atoms with Gasteiger partial charge in [-0.25, -0.2) is 9.86 Å². The number of aromatic nitrogens is 1. The summed E-state index contributed by atoms with van der Waals surface area (Å²) in [5.41, 5.74) is 3.11. The highest BCUT2D eigenvalue weighted by Crippen LogP contribution is 2.44. The summed E-state index contributed by atoms with van der Waals surface area (Å²) in [5.74, 6) is -3.64. The van der Waals surface area contributed by atoms with E-state index < -0.39 is 35.0 Å². The zero-order valence-corrected chi connectivity index (χ0v) is 18.4. The minimum atomic E-state index is -2.33. The molecule has 0 radical (unpaired) electrons. The number of amides is 2. The van der Waals surface area contributed by atoms with Crippen LogP contribution in [0, 0.1) is 0 Å². The molecule has 2 atom stereocenters. The molecule has 0 saturated heterocycles. The van der Waals surface area contributed by atoms with E-state index in [1.165, 1.54) is 38.4 Å². The van der Waals surface area contributed by atoms with E-state index >= 15 is 0 Å². The molecule has 3 aromatic rings. The summed E-state index contributed by atoms with van der Waals surface area (Å²) < 4.78 is 0. The number of carbonyl (C=O) groups is 3. The van der Waals surface area contributed by atoms with Gasteiger partial charge < -0.3 is 20.9 Å². The molecule has 0 aliphatic heterocycles. The number of nitrogens with two attached hydrogens (primary N) is 1. The Balaban J connectivity index is 2.54. The third-order valence-electron chi connectivity index (χ3n) is 5.29. The van der Waals surface area contributed by atoms with E-state index in [1.54, 1.807) is 18.2 Å². The number of aliphatic hydroxyl groups excluding tert-OH is 1. The Kier molecular flexibility index (Phi) is 6.47. The molecule has 0 bridgehead atoms. The standard InChI is InChI=1S/C21H19Cl2N3O6/c1-26(32-2)18(28)17(27)21(20(24)31,10-6-4-3-5-7-10)15-11-8-12(22)13(23)9-14(11)25-16(15)19(29)30/h3-9,17,25,27H,1-2H3,(H2,24,31)(H,29,30). The normalized spacial score (nSPS) is 14.0. The monoisotopic (exact) mass is 479 g/mol. The van der Waals surface area contributed by atoms with Crippen LogP contribution in [0.15, 0.2) is 42.5 Å². The Morgan fingerprint density at radius 1 is 1.16 bits per heavy atom. The Morgan fingerprint density at radius 3 is 2.28 bits per heavy atom. The second-order valence-corrected chi connectivity index (χ2v) is 7.77. The largest absolute Gasteiger partial charge is 0.477 e. The van der Waals surface area contributed by atoms with Crippen molar-refractivity contribution in [2.45, 2.75) is 11.5 Å². The number of rotatable bonds is 7. The fraction of sp³-hybridized carbons (Fsp3) is 0.190. The van der Waals surface area contributed by atoms with E-state index in [0.29, 0.717) is 5.06 Å². The van der Waals surface area contributed by atoms with Gasteiger partial charge in [-0.3, -0.25) is 14.4 Å². The molecule has 2 amide bonds. The number of likely N-dealkylation sites (N-methyl/N-ethyl adjacent to an activating group) is 1. The minimum Gasteiger partial charge on any atom is -0.477 e. The first-order valence-electron chi connectivity index (χ1n) is 9.17. The number of nitrogens with zero attached hydrogens (tertiary/aromatic N) is 1. The number of carboxylic acid groups (broad SMARTS) is 1. The van der Waals surface area contributed by atoms with Crippen LogP contribution in [0.4, 0.5) is 0 Å². The van der Waals surface area contributed by atoms with Gasteiger partial charge in [0.05, 0.1) is 17.2 Å². The van der Waals surface area contributed by atoms with Crippen molar-refractivity contribution in [1.82, 2.24) is 10.0 Å². The highest BCUT2D eigenvalue weighted by atomic mass is 35.5. The molecule has 0 fully saturated rings. The van der Waals surface area contributed by atoms with E-state index in [1.807, 2.05) is 0 Å². The molecule has 11 heteroatoms. The fourth-order valence-corrected chi connectivity index (χ4v) is 4.07. The Morgan fingerprint density at radius 2 is 1.75 bits per heavy atom. The van der Waals surface area contributed by atoms with Crippen molar-refractivity contribution in [3.05, 3.63) is 69.3 Å². The van der Waals surface area contributed by atoms with Gasteiger partial charge in [0.25, 0.3) is 5.91 Å². The summed E-state index contributed by atoms with van der Waals surface area (Å²) in [6.45, 7) is 0. The lowest BCUT2D eigenvalue weighted by Gasteiger charge is -2.36. The summed E-state index contributed by atoms with van der Waals surface area (Å²) in [6, 6.07) is 10.4. The number of aromatic amines is 1. The molecule has 2 aromatic carbocycles. The van der Waals surface area contributed by atoms with Crippen LogP contribution in [0.5, 0.6) is 0 Å². The maximum atomic E-state index is 13.1. The predicted octanol–water partition coefficient (Wildman–Crippen LogP) is 2.33. The number of carboxylic acids is 1. The zero-order chi connectivity index (χ0) is 23.8. The maximum absolute atomic E-state index is 13.1.